The van der Waals surface area contributed by atoms with Crippen molar-refractivity contribution >= 4 is 23.5 Å². The van der Waals surface area contributed by atoms with Crippen LogP contribution in [0.25, 0.3) is 0 Å². The van der Waals surface area contributed by atoms with Gasteiger partial charge in [-0.3, -0.25) is 4.79 Å². The molecule has 1 aromatic carbocycles. The number of nitrogens with zero attached hydrogens (tertiary/aromatic N) is 1. The first-order valence-corrected chi connectivity index (χ1v) is 9.41. The number of amides is 1. The van der Waals surface area contributed by atoms with Crippen LogP contribution in [0.15, 0.2) is 12.1 Å². The molecule has 1 unspecified atom stereocenters. The van der Waals surface area contributed by atoms with E-state index in [4.69, 9.17) is 32.3 Å². The minimum atomic E-state index is -5.08. The summed E-state index contributed by atoms with van der Waals surface area (Å²) in [6.45, 7) is -0.558. The molecule has 31 heavy (non-hydrogen) atoms. The monoisotopic (exact) mass is 474 g/mol. The van der Waals surface area contributed by atoms with E-state index in [0.29, 0.717) is 31.5 Å². The molecule has 1 aliphatic rings. The van der Waals surface area contributed by atoms with Gasteiger partial charge < -0.3 is 31.1 Å². The Hall–Kier alpha value is -2.15. The zero-order valence-electron chi connectivity index (χ0n) is 16.1. The van der Waals surface area contributed by atoms with Gasteiger partial charge in [0, 0.05) is 35.3 Å². The number of carboxylic acids is 1. The molecular formula is C18H23ClF4N2O6. The number of aliphatic carboxylic acids is 1. The van der Waals surface area contributed by atoms with Crippen molar-refractivity contribution in [1.82, 2.24) is 4.90 Å². The van der Waals surface area contributed by atoms with E-state index in [2.05, 4.69) is 0 Å². The molecule has 8 nitrogen and oxygen atoms in total. The highest BCUT2D eigenvalue weighted by Gasteiger charge is 2.38. The number of nitrogens with two attached hydrogens (primary N) is 1. The van der Waals surface area contributed by atoms with Crippen molar-refractivity contribution in [3.63, 3.8) is 0 Å². The number of piperidine rings is 1. The lowest BCUT2D eigenvalue weighted by Crippen LogP contribution is -2.46. The van der Waals surface area contributed by atoms with Crippen LogP contribution in [-0.4, -0.2) is 69.2 Å². The lowest BCUT2D eigenvalue weighted by atomic mass is 9.85. The lowest BCUT2D eigenvalue weighted by molar-refractivity contribution is -0.192. The minimum absolute atomic E-state index is 0.0125. The number of benzene rings is 1. The number of aliphatic hydroxyl groups excluding tert-OH is 2. The van der Waals surface area contributed by atoms with Crippen LogP contribution in [0.4, 0.5) is 17.6 Å². The van der Waals surface area contributed by atoms with Gasteiger partial charge in [0.1, 0.15) is 12.4 Å². The van der Waals surface area contributed by atoms with Crippen molar-refractivity contribution in [2.75, 3.05) is 19.7 Å². The summed E-state index contributed by atoms with van der Waals surface area (Å²) < 4.78 is 44.5. The van der Waals surface area contributed by atoms with Gasteiger partial charge in [-0.2, -0.15) is 13.2 Å². The van der Waals surface area contributed by atoms with Gasteiger partial charge >= 0.3 is 12.1 Å². The predicted octanol–water partition coefficient (Wildman–Crippen LogP) is 1.74. The van der Waals surface area contributed by atoms with Crippen molar-refractivity contribution in [2.24, 2.45) is 11.7 Å². The van der Waals surface area contributed by atoms with Gasteiger partial charge in [0.05, 0.1) is 6.61 Å². The molecule has 1 aliphatic heterocycles. The number of likely N-dealkylation sites (tertiary alicyclic amines) is 1. The van der Waals surface area contributed by atoms with E-state index in [1.165, 1.54) is 17.0 Å². The fraction of sp³-hybridized carbons (Fsp3) is 0.556. The van der Waals surface area contributed by atoms with Crippen molar-refractivity contribution in [2.45, 2.75) is 37.8 Å². The van der Waals surface area contributed by atoms with Crippen molar-refractivity contribution in [1.29, 1.82) is 0 Å². The van der Waals surface area contributed by atoms with E-state index in [0.717, 1.165) is 0 Å². The SMILES string of the molecule is N[C@@H](c1cc(Cl)c(CF)cc1O)C1CCN(C(=O)C(O)CO)CC1.O=C(O)C(F)(F)F. The van der Waals surface area contributed by atoms with E-state index in [1.807, 2.05) is 0 Å². The molecule has 1 amide bonds. The lowest BCUT2D eigenvalue weighted by Gasteiger charge is -2.35. The third kappa shape index (κ3) is 7.49. The summed E-state index contributed by atoms with van der Waals surface area (Å²) in [6, 6.07) is 2.29. The summed E-state index contributed by atoms with van der Waals surface area (Å²) in [5.74, 6) is -3.33. The third-order valence-corrected chi connectivity index (χ3v) is 5.11. The third-order valence-electron chi connectivity index (χ3n) is 4.76. The van der Waals surface area contributed by atoms with Crippen LogP contribution in [0.5, 0.6) is 5.75 Å². The number of aliphatic hydroxyl groups is 2. The Bertz CT molecular complexity index is 772. The van der Waals surface area contributed by atoms with Gasteiger partial charge in [-0.05, 0) is 30.9 Å². The van der Waals surface area contributed by atoms with E-state index in [-0.39, 0.29) is 22.3 Å². The Kier molecular flexibility index (Phi) is 9.94. The first-order valence-electron chi connectivity index (χ1n) is 9.04. The number of hydrogen-bond acceptors (Lipinski definition) is 6. The number of rotatable bonds is 5. The van der Waals surface area contributed by atoms with E-state index >= 15 is 0 Å². The average Bonchev–Trinajstić information content (AvgIpc) is 2.73. The second-order valence-electron chi connectivity index (χ2n) is 6.83. The molecule has 2 rings (SSSR count). The van der Waals surface area contributed by atoms with Gasteiger partial charge in [0.25, 0.3) is 5.91 Å². The maximum Gasteiger partial charge on any atom is 0.490 e. The summed E-state index contributed by atoms with van der Waals surface area (Å²) in [6.07, 6.45) is -5.30. The molecule has 0 aromatic heterocycles. The Morgan fingerprint density at radius 1 is 1.26 bits per heavy atom. The molecule has 0 radical (unpaired) electrons. The first-order chi connectivity index (χ1) is 14.3. The second kappa shape index (κ2) is 11.5. The molecule has 0 aliphatic carbocycles. The first kappa shape index (κ1) is 26.9. The maximum atomic E-state index is 12.8. The molecule has 1 saturated heterocycles. The number of hydrogen-bond donors (Lipinski definition) is 5. The fourth-order valence-electron chi connectivity index (χ4n) is 3.01. The number of carbonyl (C=O) groups is 2. The smallest absolute Gasteiger partial charge is 0.490 e. The van der Waals surface area contributed by atoms with Gasteiger partial charge in [-0.25, -0.2) is 9.18 Å². The molecule has 0 saturated carbocycles. The van der Waals surface area contributed by atoms with E-state index in [9.17, 15) is 32.6 Å². The minimum Gasteiger partial charge on any atom is -0.508 e. The van der Waals surface area contributed by atoms with Gasteiger partial charge in [0.15, 0.2) is 6.10 Å². The molecule has 6 N–H and O–H groups in total. The molecule has 0 spiro atoms. The number of phenolic OH excluding ortho intramolecular Hbond substituents is 1. The molecule has 13 heteroatoms. The molecule has 1 aromatic rings. The number of phenols is 1. The molecule has 0 bridgehead atoms. The average molecular weight is 475 g/mol. The maximum absolute atomic E-state index is 12.8. The Morgan fingerprint density at radius 2 is 1.77 bits per heavy atom. The Balaban J connectivity index is 0.000000592. The standard InChI is InChI=1S/C16H22ClFN2O4.C2HF3O2/c17-12-6-11(13(22)5-10(12)7-18)15(19)9-1-3-20(4-2-9)16(24)14(23)8-21;3-2(4,5)1(6)7/h5-6,9,14-15,21-23H,1-4,7-8,19H2;(H,6,7)/t14?,15-;/m1./s1. The van der Waals surface area contributed by atoms with E-state index in [1.54, 1.807) is 0 Å². The highest BCUT2D eigenvalue weighted by atomic mass is 35.5. The second-order valence-corrected chi connectivity index (χ2v) is 7.23. The van der Waals surface area contributed by atoms with Crippen LogP contribution in [-0.2, 0) is 16.3 Å². The van der Waals surface area contributed by atoms with Crippen LogP contribution in [0.1, 0.15) is 30.0 Å². The number of carboxylic acid groups (broad SMARTS) is 1. The molecule has 2 atom stereocenters. The molecule has 176 valence electrons. The van der Waals surface area contributed by atoms with Gasteiger partial charge in [-0.15, -0.1) is 0 Å². The predicted molar refractivity (Wildman–Crippen MR) is 101 cm³/mol. The quantitative estimate of drug-likeness (QED) is 0.409. The van der Waals surface area contributed by atoms with Crippen LogP contribution in [0.3, 0.4) is 0 Å². The van der Waals surface area contributed by atoms with Crippen LogP contribution < -0.4 is 5.73 Å². The Labute approximate surface area is 179 Å². The van der Waals surface area contributed by atoms with E-state index < -0.39 is 43.5 Å². The summed E-state index contributed by atoms with van der Waals surface area (Å²) >= 11 is 5.99. The zero-order valence-corrected chi connectivity index (χ0v) is 16.9. The topological polar surface area (TPSA) is 144 Å². The number of aromatic hydroxyl groups is 1. The Morgan fingerprint density at radius 3 is 2.19 bits per heavy atom. The number of carbonyl (C=O) groups excluding carboxylic acids is 1. The van der Waals surface area contributed by atoms with Crippen molar-refractivity contribution in [3.8, 4) is 5.75 Å². The molecular weight excluding hydrogens is 452 g/mol. The largest absolute Gasteiger partial charge is 0.508 e. The summed E-state index contributed by atoms with van der Waals surface area (Å²) in [7, 11) is 0. The fourth-order valence-corrected chi connectivity index (χ4v) is 3.23. The number of halogens is 5. The molecule has 1 fully saturated rings. The molecule has 1 heterocycles. The summed E-state index contributed by atoms with van der Waals surface area (Å²) in [5.41, 5.74) is 6.90. The summed E-state index contributed by atoms with van der Waals surface area (Å²) in [4.78, 5) is 22.2. The summed E-state index contributed by atoms with van der Waals surface area (Å²) in [5, 5.41) is 35.7. The van der Waals surface area contributed by atoms with Crippen molar-refractivity contribution in [3.05, 3.63) is 28.3 Å². The van der Waals surface area contributed by atoms with Gasteiger partial charge in [-0.1, -0.05) is 11.6 Å². The normalized spacial score (nSPS) is 16.8. The van der Waals surface area contributed by atoms with Crippen molar-refractivity contribution < 1.29 is 47.6 Å². The van der Waals surface area contributed by atoms with Crippen LogP contribution in [0, 0.1) is 5.92 Å². The highest BCUT2D eigenvalue weighted by molar-refractivity contribution is 6.31. The van der Waals surface area contributed by atoms with Gasteiger partial charge in [0.2, 0.25) is 0 Å². The number of alkyl halides is 4. The van der Waals surface area contributed by atoms with Crippen LogP contribution >= 0.6 is 11.6 Å². The zero-order chi connectivity index (χ0) is 23.9. The highest BCUT2D eigenvalue weighted by Crippen LogP contribution is 2.36. The van der Waals surface area contributed by atoms with Crippen LogP contribution in [0.2, 0.25) is 5.02 Å².